The maximum Gasteiger partial charge on any atom is 0.222 e. The minimum atomic E-state index is 0.545. The predicted molar refractivity (Wildman–Crippen MR) is 55.0 cm³/mol. The van der Waals surface area contributed by atoms with Crippen molar-refractivity contribution in [3.8, 4) is 0 Å². The van der Waals surface area contributed by atoms with Crippen LogP contribution in [0.5, 0.6) is 0 Å². The maximum atomic E-state index is 5.35. The molecule has 5 nitrogen and oxygen atoms in total. The van der Waals surface area contributed by atoms with E-state index in [0.29, 0.717) is 25.6 Å². The van der Waals surface area contributed by atoms with E-state index in [1.807, 2.05) is 6.92 Å². The monoisotopic (exact) mass is 196 g/mol. The molecule has 78 valence electrons. The number of ether oxygens (including phenoxy) is 1. The molecule has 1 heterocycles. The van der Waals surface area contributed by atoms with Crippen molar-refractivity contribution in [2.45, 2.75) is 13.5 Å². The van der Waals surface area contributed by atoms with Crippen molar-refractivity contribution in [3.63, 3.8) is 0 Å². The van der Waals surface area contributed by atoms with Gasteiger partial charge in [-0.15, -0.1) is 0 Å². The van der Waals surface area contributed by atoms with Gasteiger partial charge in [-0.05, 0) is 6.92 Å². The van der Waals surface area contributed by atoms with Gasteiger partial charge in [0.05, 0.1) is 6.61 Å². The first-order valence-corrected chi connectivity index (χ1v) is 4.53. The van der Waals surface area contributed by atoms with Crippen molar-refractivity contribution in [3.05, 3.63) is 17.5 Å². The van der Waals surface area contributed by atoms with E-state index in [1.165, 1.54) is 0 Å². The summed E-state index contributed by atoms with van der Waals surface area (Å²) in [5.41, 5.74) is 7.29. The summed E-state index contributed by atoms with van der Waals surface area (Å²) in [4.78, 5) is 8.41. The number of methoxy groups -OCH3 is 1. The molecule has 0 amide bonds. The number of aromatic nitrogens is 2. The molecule has 0 saturated carbocycles. The minimum Gasteiger partial charge on any atom is -0.380 e. The highest BCUT2D eigenvalue weighted by atomic mass is 16.5. The number of nitrogens with one attached hydrogen (secondary N) is 1. The molecule has 5 heteroatoms. The molecule has 14 heavy (non-hydrogen) atoms. The van der Waals surface area contributed by atoms with Gasteiger partial charge in [-0.25, -0.2) is 9.97 Å². The molecule has 1 rings (SSSR count). The standard InChI is InChI=1S/C9H16N4O/c1-7-8(6-14-2)5-12-9(13-7)11-4-3-10/h5H,3-4,6,10H2,1-2H3,(H,11,12,13). The first-order chi connectivity index (χ1) is 6.77. The molecule has 0 unspecified atom stereocenters. The highest BCUT2D eigenvalue weighted by molar-refractivity contribution is 5.28. The molecule has 0 spiro atoms. The SMILES string of the molecule is COCc1cnc(NCCN)nc1C. The fourth-order valence-electron chi connectivity index (χ4n) is 1.06. The van der Waals surface area contributed by atoms with Crippen molar-refractivity contribution >= 4 is 5.95 Å². The van der Waals surface area contributed by atoms with E-state index >= 15 is 0 Å². The Kier molecular flexibility index (Phi) is 4.28. The molecule has 0 fully saturated rings. The molecular formula is C9H16N4O. The van der Waals surface area contributed by atoms with Crippen LogP contribution in [0.25, 0.3) is 0 Å². The summed E-state index contributed by atoms with van der Waals surface area (Å²) < 4.78 is 5.01. The molecule has 0 bridgehead atoms. The van der Waals surface area contributed by atoms with Crippen LogP contribution in [0.3, 0.4) is 0 Å². The second kappa shape index (κ2) is 5.51. The van der Waals surface area contributed by atoms with Crippen LogP contribution in [-0.4, -0.2) is 30.2 Å². The van der Waals surface area contributed by atoms with Crippen molar-refractivity contribution in [1.82, 2.24) is 9.97 Å². The van der Waals surface area contributed by atoms with Crippen LogP contribution in [0, 0.1) is 6.92 Å². The molecular weight excluding hydrogens is 180 g/mol. The molecule has 0 aromatic carbocycles. The number of nitrogens with zero attached hydrogens (tertiary/aromatic N) is 2. The lowest BCUT2D eigenvalue weighted by atomic mass is 10.2. The van der Waals surface area contributed by atoms with Crippen LogP contribution in [0.4, 0.5) is 5.95 Å². The van der Waals surface area contributed by atoms with Gasteiger partial charge in [0.25, 0.3) is 0 Å². The highest BCUT2D eigenvalue weighted by Crippen LogP contribution is 2.07. The number of hydrogen-bond donors (Lipinski definition) is 2. The average Bonchev–Trinajstić information content (AvgIpc) is 2.19. The zero-order valence-electron chi connectivity index (χ0n) is 8.58. The number of aryl methyl sites for hydroxylation is 1. The Morgan fingerprint density at radius 3 is 2.93 bits per heavy atom. The zero-order chi connectivity index (χ0) is 10.4. The van der Waals surface area contributed by atoms with Gasteiger partial charge in [0, 0.05) is 37.7 Å². The summed E-state index contributed by atoms with van der Waals surface area (Å²) in [6.45, 7) is 3.73. The van der Waals surface area contributed by atoms with E-state index in [-0.39, 0.29) is 0 Å². The van der Waals surface area contributed by atoms with Gasteiger partial charge in [0.1, 0.15) is 0 Å². The highest BCUT2D eigenvalue weighted by Gasteiger charge is 2.01. The van der Waals surface area contributed by atoms with Gasteiger partial charge < -0.3 is 15.8 Å². The maximum absolute atomic E-state index is 5.35. The van der Waals surface area contributed by atoms with Gasteiger partial charge in [-0.2, -0.15) is 0 Å². The van der Waals surface area contributed by atoms with Crippen LogP contribution < -0.4 is 11.1 Å². The smallest absolute Gasteiger partial charge is 0.222 e. The average molecular weight is 196 g/mol. The van der Waals surface area contributed by atoms with Gasteiger partial charge in [0.2, 0.25) is 5.95 Å². The Morgan fingerprint density at radius 1 is 1.57 bits per heavy atom. The lowest BCUT2D eigenvalue weighted by Crippen LogP contribution is -2.15. The van der Waals surface area contributed by atoms with Gasteiger partial charge in [-0.3, -0.25) is 0 Å². The Hall–Kier alpha value is -1.20. The van der Waals surface area contributed by atoms with E-state index in [0.717, 1.165) is 11.3 Å². The first kappa shape index (κ1) is 10.9. The van der Waals surface area contributed by atoms with Crippen LogP contribution in [0.1, 0.15) is 11.3 Å². The second-order valence-electron chi connectivity index (χ2n) is 2.95. The third-order valence-corrected chi connectivity index (χ3v) is 1.81. The van der Waals surface area contributed by atoms with E-state index in [9.17, 15) is 0 Å². The summed E-state index contributed by atoms with van der Waals surface area (Å²) in [6, 6.07) is 0. The van der Waals surface area contributed by atoms with E-state index < -0.39 is 0 Å². The number of nitrogens with two attached hydrogens (primary N) is 1. The van der Waals surface area contributed by atoms with Crippen molar-refractivity contribution in [2.75, 3.05) is 25.5 Å². The van der Waals surface area contributed by atoms with E-state index in [1.54, 1.807) is 13.3 Å². The fraction of sp³-hybridized carbons (Fsp3) is 0.556. The summed E-state index contributed by atoms with van der Waals surface area (Å²) in [6.07, 6.45) is 1.77. The number of rotatable bonds is 5. The van der Waals surface area contributed by atoms with Crippen molar-refractivity contribution < 1.29 is 4.74 Å². The van der Waals surface area contributed by atoms with E-state index in [4.69, 9.17) is 10.5 Å². The predicted octanol–water partition coefficient (Wildman–Crippen LogP) is 0.302. The molecule has 0 atom stereocenters. The van der Waals surface area contributed by atoms with Crippen LogP contribution >= 0.6 is 0 Å². The largest absolute Gasteiger partial charge is 0.380 e. The summed E-state index contributed by atoms with van der Waals surface area (Å²) in [5.74, 6) is 0.618. The normalized spacial score (nSPS) is 10.2. The molecule has 1 aromatic rings. The Morgan fingerprint density at radius 2 is 2.36 bits per heavy atom. The summed E-state index contributed by atoms with van der Waals surface area (Å²) >= 11 is 0. The Balaban J connectivity index is 2.68. The first-order valence-electron chi connectivity index (χ1n) is 4.53. The van der Waals surface area contributed by atoms with Gasteiger partial charge in [-0.1, -0.05) is 0 Å². The number of hydrogen-bond acceptors (Lipinski definition) is 5. The minimum absolute atomic E-state index is 0.545. The topological polar surface area (TPSA) is 73.1 Å². The van der Waals surface area contributed by atoms with E-state index in [2.05, 4.69) is 15.3 Å². The Labute approximate surface area is 83.7 Å². The zero-order valence-corrected chi connectivity index (χ0v) is 8.58. The van der Waals surface area contributed by atoms with Gasteiger partial charge in [0.15, 0.2) is 0 Å². The van der Waals surface area contributed by atoms with Crippen LogP contribution in [0.2, 0.25) is 0 Å². The lowest BCUT2D eigenvalue weighted by Gasteiger charge is -2.06. The third-order valence-electron chi connectivity index (χ3n) is 1.81. The quantitative estimate of drug-likeness (QED) is 0.708. The molecule has 0 saturated heterocycles. The third kappa shape index (κ3) is 2.93. The molecule has 0 aliphatic heterocycles. The van der Waals surface area contributed by atoms with Crippen LogP contribution in [-0.2, 0) is 11.3 Å². The van der Waals surface area contributed by atoms with Crippen molar-refractivity contribution in [1.29, 1.82) is 0 Å². The molecule has 0 aliphatic rings. The summed E-state index contributed by atoms with van der Waals surface area (Å²) in [7, 11) is 1.65. The number of anilines is 1. The molecule has 3 N–H and O–H groups in total. The second-order valence-corrected chi connectivity index (χ2v) is 2.95. The Bertz CT molecular complexity index is 290. The molecule has 0 aliphatic carbocycles. The molecule has 0 radical (unpaired) electrons. The van der Waals surface area contributed by atoms with Crippen LogP contribution in [0.15, 0.2) is 6.20 Å². The summed E-state index contributed by atoms with van der Waals surface area (Å²) in [5, 5.41) is 3.02. The van der Waals surface area contributed by atoms with Gasteiger partial charge >= 0.3 is 0 Å². The lowest BCUT2D eigenvalue weighted by molar-refractivity contribution is 0.183. The molecule has 1 aromatic heterocycles. The fourth-order valence-corrected chi connectivity index (χ4v) is 1.06. The van der Waals surface area contributed by atoms with Crippen molar-refractivity contribution in [2.24, 2.45) is 5.73 Å².